The van der Waals surface area contributed by atoms with Crippen LogP contribution in [0, 0.1) is 31.1 Å². The number of hydrogen-bond acceptors (Lipinski definition) is 5. The Morgan fingerprint density at radius 2 is 1.87 bits per heavy atom. The van der Waals surface area contributed by atoms with Crippen LogP contribution in [0.15, 0.2) is 30.3 Å². The van der Waals surface area contributed by atoms with Gasteiger partial charge in [0, 0.05) is 23.4 Å². The van der Waals surface area contributed by atoms with Crippen molar-refractivity contribution in [2.45, 2.75) is 92.2 Å². The van der Waals surface area contributed by atoms with Crippen LogP contribution in [-0.2, 0) is 12.1 Å². The van der Waals surface area contributed by atoms with Crippen LogP contribution in [-0.4, -0.2) is 36.6 Å². The van der Waals surface area contributed by atoms with E-state index in [1.165, 1.54) is 17.5 Å². The van der Waals surface area contributed by atoms with Gasteiger partial charge in [0.25, 0.3) is 11.8 Å². The molecule has 1 N–H and O–H groups in total. The normalized spacial score (nSPS) is 23.3. The lowest BCUT2D eigenvalue weighted by atomic mass is 9.59. The maximum atomic E-state index is 14.2. The fraction of sp³-hybridized carbons (Fsp3) is 0.567. The minimum absolute atomic E-state index is 0.0164. The smallest absolute Gasteiger partial charge is 0.274 e. The number of carbonyl (C=O) groups excluding carboxylic acids is 2. The van der Waals surface area contributed by atoms with E-state index in [9.17, 15) is 9.59 Å². The molecule has 1 aromatic carbocycles. The van der Waals surface area contributed by atoms with Crippen molar-refractivity contribution in [2.24, 2.45) is 17.3 Å². The molecule has 2 aliphatic carbocycles. The third-order valence-corrected chi connectivity index (χ3v) is 8.50. The number of amides is 1. The van der Waals surface area contributed by atoms with Crippen LogP contribution in [0.4, 0.5) is 0 Å². The average Bonchev–Trinajstić information content (AvgIpc) is 3.43. The number of nitrogens with zero attached hydrogens (tertiary/aromatic N) is 5. The number of nitrogens with one attached hydrogen (secondary N) is 1. The quantitative estimate of drug-likeness (QED) is 0.470. The van der Waals surface area contributed by atoms with E-state index < -0.39 is 5.41 Å². The minimum atomic E-state index is -0.429. The molecule has 3 aromatic rings. The van der Waals surface area contributed by atoms with E-state index in [1.807, 2.05) is 48.9 Å². The number of benzene rings is 1. The number of carbonyl (C=O) groups is 2. The van der Waals surface area contributed by atoms with E-state index in [2.05, 4.69) is 43.3 Å². The van der Waals surface area contributed by atoms with Crippen LogP contribution >= 0.6 is 0 Å². The highest BCUT2D eigenvalue weighted by Gasteiger charge is 2.48. The molecular formula is C30H40N6O2. The van der Waals surface area contributed by atoms with Crippen LogP contribution in [0.5, 0.6) is 0 Å². The molecule has 8 heteroatoms. The first-order valence-corrected chi connectivity index (χ1v) is 13.9. The zero-order chi connectivity index (χ0) is 27.2. The van der Waals surface area contributed by atoms with E-state index in [1.54, 1.807) is 0 Å². The molecule has 38 heavy (non-hydrogen) atoms. The molecule has 2 heterocycles. The largest absolute Gasteiger partial charge is 0.346 e. The predicted molar refractivity (Wildman–Crippen MR) is 147 cm³/mol. The van der Waals surface area contributed by atoms with Gasteiger partial charge in [-0.3, -0.25) is 14.3 Å². The van der Waals surface area contributed by atoms with Gasteiger partial charge in [-0.05, 0) is 72.1 Å². The molecule has 2 aromatic heterocycles. The summed E-state index contributed by atoms with van der Waals surface area (Å²) in [5.74, 6) is 0.729. The molecule has 5 rings (SSSR count). The van der Waals surface area contributed by atoms with Gasteiger partial charge >= 0.3 is 0 Å². The number of aromatic nitrogens is 5. The SMILES string of the molecule is Cc1nn(C(C)(C)C)c(C)c1CNC(=O)c1nnn(C(=O)C23CCCC(C[C@@H](C)C2)C3)c1-c1ccccc1. The lowest BCUT2D eigenvalue weighted by Gasteiger charge is -2.46. The molecule has 0 spiro atoms. The van der Waals surface area contributed by atoms with Crippen molar-refractivity contribution in [3.63, 3.8) is 0 Å². The van der Waals surface area contributed by atoms with Crippen molar-refractivity contribution in [3.8, 4) is 11.3 Å². The Morgan fingerprint density at radius 1 is 1.13 bits per heavy atom. The second-order valence-electron chi connectivity index (χ2n) is 12.6. The Kier molecular flexibility index (Phi) is 6.78. The second kappa shape index (κ2) is 9.79. The van der Waals surface area contributed by atoms with Gasteiger partial charge in [0.1, 0.15) is 5.69 Å². The van der Waals surface area contributed by atoms with Crippen LogP contribution in [0.1, 0.15) is 98.5 Å². The third kappa shape index (κ3) is 4.69. The topological polar surface area (TPSA) is 94.7 Å². The summed E-state index contributed by atoms with van der Waals surface area (Å²) in [4.78, 5) is 27.7. The Labute approximate surface area is 225 Å². The molecule has 2 bridgehead atoms. The summed E-state index contributed by atoms with van der Waals surface area (Å²) in [7, 11) is 0. The average molecular weight is 517 g/mol. The highest BCUT2D eigenvalue weighted by atomic mass is 16.2. The first-order valence-electron chi connectivity index (χ1n) is 13.9. The Balaban J connectivity index is 1.47. The second-order valence-corrected chi connectivity index (χ2v) is 12.6. The highest BCUT2D eigenvalue weighted by Crippen LogP contribution is 2.52. The lowest BCUT2D eigenvalue weighted by molar-refractivity contribution is 0.0251. The zero-order valence-electron chi connectivity index (χ0n) is 23.5. The molecule has 8 nitrogen and oxygen atoms in total. The van der Waals surface area contributed by atoms with Crippen molar-refractivity contribution < 1.29 is 9.59 Å². The van der Waals surface area contributed by atoms with Gasteiger partial charge in [-0.15, -0.1) is 5.10 Å². The first kappa shape index (κ1) is 26.3. The Bertz CT molecular complexity index is 1340. The molecule has 2 saturated carbocycles. The van der Waals surface area contributed by atoms with E-state index in [4.69, 9.17) is 5.10 Å². The summed E-state index contributed by atoms with van der Waals surface area (Å²) in [5, 5.41) is 16.3. The van der Waals surface area contributed by atoms with Crippen molar-refractivity contribution in [1.82, 2.24) is 30.1 Å². The van der Waals surface area contributed by atoms with E-state index in [0.717, 1.165) is 48.2 Å². The molecule has 0 radical (unpaired) electrons. The minimum Gasteiger partial charge on any atom is -0.346 e. The van der Waals surface area contributed by atoms with Gasteiger partial charge in [-0.2, -0.15) is 9.78 Å². The number of hydrogen-bond donors (Lipinski definition) is 1. The summed E-state index contributed by atoms with van der Waals surface area (Å²) < 4.78 is 3.43. The highest BCUT2D eigenvalue weighted by molar-refractivity contribution is 6.00. The third-order valence-electron chi connectivity index (χ3n) is 8.50. The summed E-state index contributed by atoms with van der Waals surface area (Å²) in [5.41, 5.74) is 3.72. The first-order chi connectivity index (χ1) is 18.0. The summed E-state index contributed by atoms with van der Waals surface area (Å²) >= 11 is 0. The van der Waals surface area contributed by atoms with Gasteiger partial charge < -0.3 is 5.32 Å². The number of fused-ring (bicyclic) bond motifs is 2. The van der Waals surface area contributed by atoms with Gasteiger partial charge in [0.2, 0.25) is 0 Å². The van der Waals surface area contributed by atoms with Gasteiger partial charge in [0.15, 0.2) is 5.69 Å². The van der Waals surface area contributed by atoms with Crippen LogP contribution in [0.2, 0.25) is 0 Å². The fourth-order valence-electron chi connectivity index (χ4n) is 6.97. The Hall–Kier alpha value is -3.29. The van der Waals surface area contributed by atoms with E-state index in [0.29, 0.717) is 24.1 Å². The van der Waals surface area contributed by atoms with Crippen molar-refractivity contribution in [3.05, 3.63) is 53.0 Å². The fourth-order valence-corrected chi connectivity index (χ4v) is 6.97. The van der Waals surface area contributed by atoms with Crippen molar-refractivity contribution in [1.29, 1.82) is 0 Å². The van der Waals surface area contributed by atoms with Crippen molar-refractivity contribution >= 4 is 11.8 Å². The maximum absolute atomic E-state index is 14.2. The molecular weight excluding hydrogens is 476 g/mol. The molecule has 2 unspecified atom stereocenters. The van der Waals surface area contributed by atoms with E-state index in [-0.39, 0.29) is 23.0 Å². The molecule has 1 amide bonds. The van der Waals surface area contributed by atoms with Gasteiger partial charge in [-0.25, -0.2) is 0 Å². The summed E-state index contributed by atoms with van der Waals surface area (Å²) in [6.07, 6.45) is 6.10. The van der Waals surface area contributed by atoms with Crippen LogP contribution < -0.4 is 5.32 Å². The molecule has 3 atom stereocenters. The summed E-state index contributed by atoms with van der Waals surface area (Å²) in [6.45, 7) is 12.9. The Morgan fingerprint density at radius 3 is 2.55 bits per heavy atom. The van der Waals surface area contributed by atoms with Crippen molar-refractivity contribution in [2.75, 3.05) is 0 Å². The molecule has 2 aliphatic rings. The zero-order valence-corrected chi connectivity index (χ0v) is 23.5. The van der Waals surface area contributed by atoms with Crippen LogP contribution in [0.3, 0.4) is 0 Å². The number of aryl methyl sites for hydroxylation is 1. The molecule has 202 valence electrons. The molecule has 0 saturated heterocycles. The standard InChI is InChI=1S/C30H40N6O2/c1-19-15-22-11-10-14-30(16-19,17-22)28(38)35-26(23-12-8-7-9-13-23)25(32-34-35)27(37)31-18-24-20(2)33-36(21(24)3)29(4,5)6/h7-9,12-13,19,22H,10-11,14-18H2,1-6H3,(H,31,37)/t19-,22?,30?/m1/s1. The van der Waals surface area contributed by atoms with Gasteiger partial charge in [0.05, 0.1) is 16.6 Å². The molecule has 2 fully saturated rings. The summed E-state index contributed by atoms with van der Waals surface area (Å²) in [6, 6.07) is 9.55. The lowest BCUT2D eigenvalue weighted by Crippen LogP contribution is -2.45. The van der Waals surface area contributed by atoms with E-state index >= 15 is 0 Å². The monoisotopic (exact) mass is 516 g/mol. The predicted octanol–water partition coefficient (Wildman–Crippen LogP) is 5.69. The number of rotatable bonds is 5. The van der Waals surface area contributed by atoms with Gasteiger partial charge in [-0.1, -0.05) is 55.3 Å². The molecule has 0 aliphatic heterocycles. The van der Waals surface area contributed by atoms with Crippen LogP contribution in [0.25, 0.3) is 11.3 Å². The maximum Gasteiger partial charge on any atom is 0.274 e.